The Morgan fingerprint density at radius 2 is 2.10 bits per heavy atom. The zero-order chi connectivity index (χ0) is 14.7. The zero-order valence-corrected chi connectivity index (χ0v) is 12.2. The van der Waals surface area contributed by atoms with Crippen molar-refractivity contribution in [2.24, 2.45) is 5.92 Å². The fourth-order valence-corrected chi connectivity index (χ4v) is 3.01. The fourth-order valence-electron chi connectivity index (χ4n) is 3.01. The maximum atomic E-state index is 11.3. The van der Waals surface area contributed by atoms with E-state index >= 15 is 0 Å². The van der Waals surface area contributed by atoms with Crippen LogP contribution in [0.5, 0.6) is 0 Å². The minimum Gasteiger partial charge on any atom is -0.367 e. The molecule has 1 N–H and O–H groups in total. The van der Waals surface area contributed by atoms with Gasteiger partial charge in [-0.2, -0.15) is 0 Å². The number of nitrogens with zero attached hydrogens (tertiary/aromatic N) is 4. The summed E-state index contributed by atoms with van der Waals surface area (Å²) in [7, 11) is 3.52. The number of nitro groups is 1. The van der Waals surface area contributed by atoms with Gasteiger partial charge in [0.1, 0.15) is 6.33 Å². The first-order chi connectivity index (χ1) is 9.56. The molecule has 1 heterocycles. The van der Waals surface area contributed by atoms with Crippen molar-refractivity contribution in [2.45, 2.75) is 38.6 Å². The molecule has 1 saturated carbocycles. The number of nitrogens with one attached hydrogen (secondary N) is 1. The topological polar surface area (TPSA) is 84.2 Å². The third-order valence-electron chi connectivity index (χ3n) is 4.12. The second-order valence-corrected chi connectivity index (χ2v) is 5.34. The van der Waals surface area contributed by atoms with Gasteiger partial charge in [0.25, 0.3) is 0 Å². The molecule has 0 aromatic carbocycles. The Hall–Kier alpha value is -1.92. The summed E-state index contributed by atoms with van der Waals surface area (Å²) in [6.07, 6.45) is 5.98. The highest BCUT2D eigenvalue weighted by atomic mass is 16.6. The normalized spacial score (nSPS) is 22.4. The van der Waals surface area contributed by atoms with Gasteiger partial charge in [0.15, 0.2) is 0 Å². The summed E-state index contributed by atoms with van der Waals surface area (Å²) in [5.74, 6) is 1.17. The van der Waals surface area contributed by atoms with Crippen LogP contribution in [-0.2, 0) is 0 Å². The summed E-state index contributed by atoms with van der Waals surface area (Å²) < 4.78 is 0. The molecule has 0 amide bonds. The van der Waals surface area contributed by atoms with Gasteiger partial charge in [-0.3, -0.25) is 10.1 Å². The van der Waals surface area contributed by atoms with Crippen molar-refractivity contribution >= 4 is 17.3 Å². The van der Waals surface area contributed by atoms with Crippen LogP contribution >= 0.6 is 0 Å². The van der Waals surface area contributed by atoms with Gasteiger partial charge in [-0.1, -0.05) is 19.8 Å². The van der Waals surface area contributed by atoms with Crippen LogP contribution in [0, 0.1) is 16.0 Å². The van der Waals surface area contributed by atoms with E-state index in [1.807, 2.05) is 11.9 Å². The predicted molar refractivity (Wildman–Crippen MR) is 78.1 cm³/mol. The van der Waals surface area contributed by atoms with Gasteiger partial charge in [-0.05, 0) is 18.8 Å². The van der Waals surface area contributed by atoms with E-state index in [4.69, 9.17) is 0 Å². The molecule has 7 nitrogen and oxygen atoms in total. The van der Waals surface area contributed by atoms with Gasteiger partial charge >= 0.3 is 5.69 Å². The Morgan fingerprint density at radius 3 is 2.70 bits per heavy atom. The van der Waals surface area contributed by atoms with Crippen molar-refractivity contribution < 1.29 is 4.92 Å². The molecule has 110 valence electrons. The highest BCUT2D eigenvalue weighted by Crippen LogP contribution is 2.36. The molecule has 1 fully saturated rings. The van der Waals surface area contributed by atoms with Crippen LogP contribution < -0.4 is 10.2 Å². The lowest BCUT2D eigenvalue weighted by atomic mass is 9.85. The van der Waals surface area contributed by atoms with Crippen LogP contribution in [0.15, 0.2) is 6.33 Å². The van der Waals surface area contributed by atoms with Gasteiger partial charge in [0, 0.05) is 20.1 Å². The number of hydrogen-bond acceptors (Lipinski definition) is 6. The molecule has 7 heteroatoms. The van der Waals surface area contributed by atoms with E-state index < -0.39 is 4.92 Å². The molecule has 0 radical (unpaired) electrons. The second-order valence-electron chi connectivity index (χ2n) is 5.34. The molecule has 1 aromatic heterocycles. The van der Waals surface area contributed by atoms with E-state index in [9.17, 15) is 10.1 Å². The maximum absolute atomic E-state index is 11.3. The Labute approximate surface area is 118 Å². The summed E-state index contributed by atoms with van der Waals surface area (Å²) in [6, 6.07) is 0.294. The highest BCUT2D eigenvalue weighted by molar-refractivity contribution is 5.70. The Morgan fingerprint density at radius 1 is 1.40 bits per heavy atom. The Balaban J connectivity index is 2.38. The number of aromatic nitrogens is 2. The zero-order valence-electron chi connectivity index (χ0n) is 12.2. The van der Waals surface area contributed by atoms with Gasteiger partial charge < -0.3 is 10.2 Å². The molecular weight excluding hydrogens is 258 g/mol. The van der Waals surface area contributed by atoms with Gasteiger partial charge in [-0.15, -0.1) is 0 Å². The molecule has 0 aliphatic heterocycles. The lowest BCUT2D eigenvalue weighted by Gasteiger charge is -2.36. The molecule has 1 aliphatic carbocycles. The maximum Gasteiger partial charge on any atom is 0.353 e. The Kier molecular flexibility index (Phi) is 4.36. The quantitative estimate of drug-likeness (QED) is 0.673. The summed E-state index contributed by atoms with van der Waals surface area (Å²) in [6.45, 7) is 2.20. The molecular formula is C13H21N5O2. The average Bonchev–Trinajstić information content (AvgIpc) is 2.46. The van der Waals surface area contributed by atoms with Crippen molar-refractivity contribution in [1.29, 1.82) is 0 Å². The van der Waals surface area contributed by atoms with Crippen LogP contribution in [0.4, 0.5) is 17.3 Å². The molecule has 0 bridgehead atoms. The molecule has 1 aromatic rings. The van der Waals surface area contributed by atoms with E-state index in [1.165, 1.54) is 12.7 Å². The van der Waals surface area contributed by atoms with Crippen molar-refractivity contribution in [3.05, 3.63) is 16.4 Å². The number of hydrogen-bond donors (Lipinski definition) is 1. The fraction of sp³-hybridized carbons (Fsp3) is 0.692. The standard InChI is InChI=1S/C13H21N5O2/c1-9-6-4-5-7-10(9)17(3)13-11(18(19)20)12(14-2)15-8-16-13/h8-10H,4-7H2,1-3H3,(H,14,15,16). The summed E-state index contributed by atoms with van der Waals surface area (Å²) >= 11 is 0. The van der Waals surface area contributed by atoms with Crippen LogP contribution in [0.25, 0.3) is 0 Å². The van der Waals surface area contributed by atoms with E-state index in [0.29, 0.717) is 17.8 Å². The Bertz CT molecular complexity index is 494. The molecule has 2 rings (SSSR count). The van der Waals surface area contributed by atoms with Crippen molar-refractivity contribution in [3.63, 3.8) is 0 Å². The van der Waals surface area contributed by atoms with Gasteiger partial charge in [0.2, 0.25) is 11.6 Å². The minimum absolute atomic E-state index is 0.0460. The van der Waals surface area contributed by atoms with Gasteiger partial charge in [0.05, 0.1) is 4.92 Å². The molecule has 20 heavy (non-hydrogen) atoms. The van der Waals surface area contributed by atoms with Crippen molar-refractivity contribution in [1.82, 2.24) is 9.97 Å². The van der Waals surface area contributed by atoms with E-state index in [1.54, 1.807) is 7.05 Å². The molecule has 2 atom stereocenters. The SMILES string of the molecule is CNc1ncnc(N(C)C2CCCCC2C)c1[N+](=O)[O-]. The van der Waals surface area contributed by atoms with Crippen molar-refractivity contribution in [3.8, 4) is 0 Å². The molecule has 0 spiro atoms. The van der Waals surface area contributed by atoms with Crippen LogP contribution in [0.3, 0.4) is 0 Å². The van der Waals surface area contributed by atoms with Crippen LogP contribution in [0.1, 0.15) is 32.6 Å². The van der Waals surface area contributed by atoms with Crippen LogP contribution in [0.2, 0.25) is 0 Å². The predicted octanol–water partition coefficient (Wildman–Crippen LogP) is 2.44. The molecule has 1 aliphatic rings. The number of rotatable bonds is 4. The molecule has 0 saturated heterocycles. The minimum atomic E-state index is -0.412. The third-order valence-corrected chi connectivity index (χ3v) is 4.12. The first-order valence-electron chi connectivity index (χ1n) is 6.96. The largest absolute Gasteiger partial charge is 0.367 e. The first kappa shape index (κ1) is 14.5. The van der Waals surface area contributed by atoms with E-state index in [2.05, 4.69) is 22.2 Å². The highest BCUT2D eigenvalue weighted by Gasteiger charge is 2.31. The average molecular weight is 279 g/mol. The van der Waals surface area contributed by atoms with Gasteiger partial charge in [-0.25, -0.2) is 9.97 Å². The lowest BCUT2D eigenvalue weighted by Crippen LogP contribution is -2.39. The second kappa shape index (κ2) is 6.02. The van der Waals surface area contributed by atoms with E-state index in [-0.39, 0.29) is 11.5 Å². The smallest absolute Gasteiger partial charge is 0.353 e. The third kappa shape index (κ3) is 2.66. The molecule has 2 unspecified atom stereocenters. The van der Waals surface area contributed by atoms with Crippen molar-refractivity contribution in [2.75, 3.05) is 24.3 Å². The monoisotopic (exact) mass is 279 g/mol. The number of anilines is 2. The summed E-state index contributed by atoms with van der Waals surface area (Å²) in [5, 5.41) is 14.1. The summed E-state index contributed by atoms with van der Waals surface area (Å²) in [4.78, 5) is 21.0. The van der Waals surface area contributed by atoms with E-state index in [0.717, 1.165) is 19.3 Å². The lowest BCUT2D eigenvalue weighted by molar-refractivity contribution is -0.383. The first-order valence-corrected chi connectivity index (χ1v) is 6.96. The van der Waals surface area contributed by atoms with Crippen LogP contribution in [-0.4, -0.2) is 35.0 Å². The summed E-state index contributed by atoms with van der Waals surface area (Å²) in [5.41, 5.74) is -0.0460.